The first-order valence-electron chi connectivity index (χ1n) is 6.74. The zero-order valence-corrected chi connectivity index (χ0v) is 11.5. The van der Waals surface area contributed by atoms with Crippen LogP contribution in [0.2, 0.25) is 0 Å². The van der Waals surface area contributed by atoms with Crippen LogP contribution in [0.4, 0.5) is 5.69 Å². The van der Waals surface area contributed by atoms with Crippen LogP contribution in [0.15, 0.2) is 18.2 Å². The van der Waals surface area contributed by atoms with Gasteiger partial charge in [-0.2, -0.15) is 0 Å². The van der Waals surface area contributed by atoms with E-state index in [-0.39, 0.29) is 18.1 Å². The maximum Gasteiger partial charge on any atom is 0.272 e. The van der Waals surface area contributed by atoms with E-state index in [1.807, 2.05) is 0 Å². The Kier molecular flexibility index (Phi) is 4.04. The van der Waals surface area contributed by atoms with Crippen molar-refractivity contribution in [1.29, 1.82) is 0 Å². The number of nitrogens with one attached hydrogen (secondary N) is 1. The summed E-state index contributed by atoms with van der Waals surface area (Å²) in [5.74, 6) is -0.166. The van der Waals surface area contributed by atoms with Crippen molar-refractivity contribution in [3.63, 3.8) is 0 Å². The van der Waals surface area contributed by atoms with Crippen LogP contribution in [0.25, 0.3) is 0 Å². The number of carbonyl (C=O) groups is 1. The van der Waals surface area contributed by atoms with Gasteiger partial charge in [-0.3, -0.25) is 14.9 Å². The fraction of sp³-hybridized carbons (Fsp3) is 0.500. The van der Waals surface area contributed by atoms with E-state index in [9.17, 15) is 14.9 Å². The topological polar surface area (TPSA) is 98.3 Å². The average Bonchev–Trinajstić information content (AvgIpc) is 2.85. The third-order valence-electron chi connectivity index (χ3n) is 4.00. The molecule has 2 rings (SSSR count). The maximum absolute atomic E-state index is 12.1. The number of rotatable bonds is 4. The average molecular weight is 277 g/mol. The number of nitrogens with zero attached hydrogens (tertiary/aromatic N) is 1. The second kappa shape index (κ2) is 5.58. The van der Waals surface area contributed by atoms with Gasteiger partial charge < -0.3 is 11.1 Å². The van der Waals surface area contributed by atoms with Crippen LogP contribution in [0.1, 0.15) is 36.8 Å². The van der Waals surface area contributed by atoms with E-state index in [1.165, 1.54) is 6.07 Å². The molecule has 1 aliphatic rings. The third-order valence-corrected chi connectivity index (χ3v) is 4.00. The van der Waals surface area contributed by atoms with Crippen LogP contribution in [-0.4, -0.2) is 16.4 Å². The van der Waals surface area contributed by atoms with E-state index in [4.69, 9.17) is 5.73 Å². The van der Waals surface area contributed by atoms with Gasteiger partial charge in [-0.05, 0) is 25.3 Å². The number of amides is 1. The lowest BCUT2D eigenvalue weighted by atomic mass is 9.98. The van der Waals surface area contributed by atoms with Gasteiger partial charge >= 0.3 is 0 Å². The maximum atomic E-state index is 12.1. The molecule has 0 unspecified atom stereocenters. The van der Waals surface area contributed by atoms with Gasteiger partial charge in [0.1, 0.15) is 0 Å². The Morgan fingerprint density at radius 2 is 2.10 bits per heavy atom. The van der Waals surface area contributed by atoms with Crippen molar-refractivity contribution >= 4 is 11.6 Å². The number of hydrogen-bond donors (Lipinski definition) is 2. The molecule has 108 valence electrons. The number of nitro benzene ring substituents is 1. The Balaban J connectivity index is 2.06. The first kappa shape index (κ1) is 14.5. The summed E-state index contributed by atoms with van der Waals surface area (Å²) in [6.07, 6.45) is 3.35. The summed E-state index contributed by atoms with van der Waals surface area (Å²) in [4.78, 5) is 22.6. The first-order valence-corrected chi connectivity index (χ1v) is 6.74. The molecule has 1 aromatic carbocycles. The minimum Gasteiger partial charge on any atom is -0.350 e. The van der Waals surface area contributed by atoms with Crippen LogP contribution in [0.5, 0.6) is 0 Å². The quantitative estimate of drug-likeness (QED) is 0.647. The molecule has 0 aliphatic heterocycles. The standard InChI is InChI=1S/C14H19N3O3/c1-10-11(5-4-6-12(10)17(19)20)9-16-13(18)14(15)7-2-3-8-14/h4-6H,2-3,7-9,15H2,1H3,(H,16,18). The van der Waals surface area contributed by atoms with E-state index in [1.54, 1.807) is 19.1 Å². The molecular formula is C14H19N3O3. The lowest BCUT2D eigenvalue weighted by Crippen LogP contribution is -2.51. The molecule has 1 amide bonds. The summed E-state index contributed by atoms with van der Waals surface area (Å²) in [5, 5.41) is 13.7. The van der Waals surface area contributed by atoms with E-state index in [2.05, 4.69) is 5.32 Å². The van der Waals surface area contributed by atoms with Gasteiger partial charge in [-0.15, -0.1) is 0 Å². The highest BCUT2D eigenvalue weighted by Crippen LogP contribution is 2.27. The summed E-state index contributed by atoms with van der Waals surface area (Å²) < 4.78 is 0. The Bertz CT molecular complexity index is 536. The van der Waals surface area contributed by atoms with Crippen LogP contribution < -0.4 is 11.1 Å². The molecule has 6 nitrogen and oxygen atoms in total. The van der Waals surface area contributed by atoms with Gasteiger partial charge in [0, 0.05) is 18.2 Å². The first-order chi connectivity index (χ1) is 9.44. The molecule has 3 N–H and O–H groups in total. The van der Waals surface area contributed by atoms with Crippen LogP contribution in [0.3, 0.4) is 0 Å². The monoisotopic (exact) mass is 277 g/mol. The Hall–Kier alpha value is -1.95. The number of hydrogen-bond acceptors (Lipinski definition) is 4. The highest BCUT2D eigenvalue weighted by Gasteiger charge is 2.36. The van der Waals surface area contributed by atoms with Crippen molar-refractivity contribution in [3.05, 3.63) is 39.4 Å². The lowest BCUT2D eigenvalue weighted by Gasteiger charge is -2.22. The molecule has 1 aromatic rings. The molecular weight excluding hydrogens is 258 g/mol. The van der Waals surface area contributed by atoms with E-state index >= 15 is 0 Å². The minimum atomic E-state index is -0.769. The summed E-state index contributed by atoms with van der Waals surface area (Å²) in [7, 11) is 0. The molecule has 0 atom stereocenters. The predicted molar refractivity (Wildman–Crippen MR) is 75.1 cm³/mol. The van der Waals surface area contributed by atoms with Gasteiger partial charge in [-0.25, -0.2) is 0 Å². The van der Waals surface area contributed by atoms with Crippen LogP contribution in [0, 0.1) is 17.0 Å². The molecule has 0 spiro atoms. The molecule has 1 aliphatic carbocycles. The van der Waals surface area contributed by atoms with Crippen molar-refractivity contribution in [3.8, 4) is 0 Å². The van der Waals surface area contributed by atoms with Gasteiger partial charge in [-0.1, -0.05) is 25.0 Å². The van der Waals surface area contributed by atoms with Crippen molar-refractivity contribution < 1.29 is 9.72 Å². The second-order valence-electron chi connectivity index (χ2n) is 5.36. The molecule has 1 saturated carbocycles. The zero-order chi connectivity index (χ0) is 14.8. The molecule has 0 radical (unpaired) electrons. The Morgan fingerprint density at radius 1 is 1.45 bits per heavy atom. The summed E-state index contributed by atoms with van der Waals surface area (Å²) >= 11 is 0. The largest absolute Gasteiger partial charge is 0.350 e. The molecule has 0 aromatic heterocycles. The Labute approximate surface area is 117 Å². The van der Waals surface area contributed by atoms with Crippen molar-refractivity contribution in [2.24, 2.45) is 5.73 Å². The van der Waals surface area contributed by atoms with E-state index in [0.717, 1.165) is 18.4 Å². The lowest BCUT2D eigenvalue weighted by molar-refractivity contribution is -0.385. The second-order valence-corrected chi connectivity index (χ2v) is 5.36. The van der Waals surface area contributed by atoms with Crippen molar-refractivity contribution in [1.82, 2.24) is 5.32 Å². The Morgan fingerprint density at radius 3 is 2.70 bits per heavy atom. The number of benzene rings is 1. The highest BCUT2D eigenvalue weighted by molar-refractivity contribution is 5.86. The van der Waals surface area contributed by atoms with Crippen LogP contribution in [-0.2, 0) is 11.3 Å². The highest BCUT2D eigenvalue weighted by atomic mass is 16.6. The molecule has 0 heterocycles. The molecule has 1 fully saturated rings. The minimum absolute atomic E-state index is 0.0695. The van der Waals surface area contributed by atoms with Gasteiger partial charge in [0.25, 0.3) is 5.69 Å². The summed E-state index contributed by atoms with van der Waals surface area (Å²) in [6, 6.07) is 4.86. The zero-order valence-electron chi connectivity index (χ0n) is 11.5. The van der Waals surface area contributed by atoms with Gasteiger partial charge in [0.2, 0.25) is 5.91 Å². The van der Waals surface area contributed by atoms with Crippen LogP contribution >= 0.6 is 0 Å². The van der Waals surface area contributed by atoms with Crippen molar-refractivity contribution in [2.75, 3.05) is 0 Å². The number of carbonyl (C=O) groups excluding carboxylic acids is 1. The fourth-order valence-electron chi connectivity index (χ4n) is 2.64. The number of nitrogens with two attached hydrogens (primary N) is 1. The van der Waals surface area contributed by atoms with Gasteiger partial charge in [0.15, 0.2) is 0 Å². The normalized spacial score (nSPS) is 16.9. The van der Waals surface area contributed by atoms with E-state index < -0.39 is 10.5 Å². The predicted octanol–water partition coefficient (Wildman–Crippen LogP) is 1.79. The molecule has 0 bridgehead atoms. The van der Waals surface area contributed by atoms with Crippen molar-refractivity contribution in [2.45, 2.75) is 44.7 Å². The van der Waals surface area contributed by atoms with E-state index in [0.29, 0.717) is 18.4 Å². The molecule has 0 saturated heterocycles. The summed E-state index contributed by atoms with van der Waals surface area (Å²) in [5.41, 5.74) is 6.69. The molecule has 20 heavy (non-hydrogen) atoms. The fourth-order valence-corrected chi connectivity index (χ4v) is 2.64. The SMILES string of the molecule is Cc1c(CNC(=O)C2(N)CCCC2)cccc1[N+](=O)[O-]. The van der Waals surface area contributed by atoms with Gasteiger partial charge in [0.05, 0.1) is 10.5 Å². The molecule has 6 heteroatoms. The third kappa shape index (κ3) is 2.80. The summed E-state index contributed by atoms with van der Waals surface area (Å²) in [6.45, 7) is 1.96. The number of nitro groups is 1. The smallest absolute Gasteiger partial charge is 0.272 e.